The fourth-order valence-electron chi connectivity index (χ4n) is 14.6. The molecule has 4 saturated carbocycles. The maximum Gasteiger partial charge on any atom is 0.131 e. The summed E-state index contributed by atoms with van der Waals surface area (Å²) in [4.78, 5) is 2.50. The number of benzene rings is 7. The van der Waals surface area contributed by atoms with E-state index in [2.05, 4.69) is 196 Å². The van der Waals surface area contributed by atoms with Gasteiger partial charge in [0.25, 0.3) is 0 Å². The van der Waals surface area contributed by atoms with Gasteiger partial charge in [-0.25, -0.2) is 0 Å². The van der Waals surface area contributed by atoms with Gasteiger partial charge in [0.2, 0.25) is 0 Å². The molecule has 7 aromatic carbocycles. The molecule has 5 aliphatic carbocycles. The predicted molar refractivity (Wildman–Crippen MR) is 255 cm³/mol. The van der Waals surface area contributed by atoms with E-state index < -0.39 is 0 Å². The lowest BCUT2D eigenvalue weighted by Gasteiger charge is -2.77. The highest BCUT2D eigenvalue weighted by molar-refractivity contribution is 5.86. The van der Waals surface area contributed by atoms with Gasteiger partial charge in [-0.05, 0) is 184 Å². The van der Waals surface area contributed by atoms with Crippen molar-refractivity contribution in [3.05, 3.63) is 186 Å². The van der Waals surface area contributed by atoms with Crippen LogP contribution in [0.4, 0.5) is 17.1 Å². The van der Waals surface area contributed by atoms with Gasteiger partial charge in [0.15, 0.2) is 0 Å². The average Bonchev–Trinajstić information content (AvgIpc) is 3.84. The van der Waals surface area contributed by atoms with E-state index >= 15 is 0 Å². The van der Waals surface area contributed by atoms with Crippen LogP contribution in [-0.4, -0.2) is 0 Å². The number of hydrogen-bond acceptors (Lipinski definition) is 2. The Bertz CT molecular complexity index is 2870. The fourth-order valence-corrected chi connectivity index (χ4v) is 14.6. The quantitative estimate of drug-likeness (QED) is 0.166. The Kier molecular flexibility index (Phi) is 7.62. The third-order valence-electron chi connectivity index (χ3n) is 17.4. The largest absolute Gasteiger partial charge is 0.457 e. The Hall–Kier alpha value is -5.86. The summed E-state index contributed by atoms with van der Waals surface area (Å²) in [7, 11) is 0. The van der Waals surface area contributed by atoms with Gasteiger partial charge >= 0.3 is 0 Å². The van der Waals surface area contributed by atoms with Gasteiger partial charge in [0.05, 0.1) is 0 Å². The van der Waals surface area contributed by atoms with Crippen LogP contribution < -0.4 is 9.64 Å². The molecule has 0 N–H and O–H groups in total. The second-order valence-corrected chi connectivity index (χ2v) is 21.3. The van der Waals surface area contributed by atoms with Crippen molar-refractivity contribution in [2.75, 3.05) is 4.90 Å². The summed E-state index contributed by atoms with van der Waals surface area (Å²) in [5.41, 5.74) is 17.6. The minimum absolute atomic E-state index is 0.0671. The number of para-hydroxylation sites is 1. The molecule has 2 bridgehead atoms. The first-order chi connectivity index (χ1) is 30.1. The summed E-state index contributed by atoms with van der Waals surface area (Å²) in [5, 5.41) is 0. The molecule has 2 heteroatoms. The zero-order chi connectivity index (χ0) is 41.6. The Morgan fingerprint density at radius 3 is 1.74 bits per heavy atom. The normalized spacial score (nSPS) is 27.2. The van der Waals surface area contributed by atoms with Crippen LogP contribution in [0.25, 0.3) is 33.4 Å². The molecule has 6 unspecified atom stereocenters. The van der Waals surface area contributed by atoms with Crippen molar-refractivity contribution in [3.63, 3.8) is 0 Å². The number of anilines is 3. The van der Waals surface area contributed by atoms with E-state index in [0.29, 0.717) is 5.41 Å². The molecule has 6 atom stereocenters. The van der Waals surface area contributed by atoms with Gasteiger partial charge in [-0.15, -0.1) is 0 Å². The Morgan fingerprint density at radius 1 is 0.435 bits per heavy atom. The number of rotatable bonds is 6. The van der Waals surface area contributed by atoms with Gasteiger partial charge in [0.1, 0.15) is 11.5 Å². The lowest BCUT2D eigenvalue weighted by atomic mass is 9.26. The van der Waals surface area contributed by atoms with Crippen LogP contribution in [0.5, 0.6) is 11.5 Å². The molecule has 0 amide bonds. The Labute approximate surface area is 367 Å². The standard InChI is InChI=1S/C60H55NO/c1-57(2)27-28-58(3,4)51-36-47(24-25-49(51)57)61(48-32-43(39-13-7-5-8-14-39)31-44(33-48)40-15-9-6-10-16-40)46-22-19-41(20-23-46)42-21-26-54-52(34-42)60(50-17-11-12-18-53(50)62-54)55-30-38-29-45-35-56(60)59(45,55)37-38/h5-26,31-34,36,38,45,55-56H,27-30,35,37H2,1-4H3. The number of nitrogens with zero attached hydrogens (tertiary/aromatic N) is 1. The van der Waals surface area contributed by atoms with Crippen molar-refractivity contribution in [2.45, 2.75) is 82.5 Å². The number of fused-ring (bicyclic) bond motifs is 8. The molecule has 0 saturated heterocycles. The molecule has 6 aliphatic rings. The first-order valence-electron chi connectivity index (χ1n) is 23.4. The summed E-state index contributed by atoms with van der Waals surface area (Å²) in [6, 6.07) is 61.7. The van der Waals surface area contributed by atoms with Crippen molar-refractivity contribution >= 4 is 17.1 Å². The van der Waals surface area contributed by atoms with E-state index in [1.807, 2.05) is 0 Å². The number of ether oxygens (including phenoxy) is 1. The molecule has 7 aromatic rings. The van der Waals surface area contributed by atoms with Crippen LogP contribution >= 0.6 is 0 Å². The maximum absolute atomic E-state index is 6.78. The molecule has 13 rings (SSSR count). The molecule has 2 nitrogen and oxygen atoms in total. The van der Waals surface area contributed by atoms with Crippen molar-refractivity contribution in [1.29, 1.82) is 0 Å². The van der Waals surface area contributed by atoms with Gasteiger partial charge < -0.3 is 9.64 Å². The van der Waals surface area contributed by atoms with E-state index in [4.69, 9.17) is 4.74 Å². The lowest BCUT2D eigenvalue weighted by Crippen LogP contribution is -2.74. The molecular weight excluding hydrogens is 751 g/mol. The molecule has 306 valence electrons. The first kappa shape index (κ1) is 36.8. The molecule has 0 radical (unpaired) electrons. The van der Waals surface area contributed by atoms with Crippen LogP contribution in [0, 0.1) is 29.1 Å². The molecule has 0 aromatic heterocycles. The highest BCUT2D eigenvalue weighted by Crippen LogP contribution is 2.89. The first-order valence-corrected chi connectivity index (χ1v) is 23.4. The maximum atomic E-state index is 6.78. The van der Waals surface area contributed by atoms with Crippen LogP contribution in [0.15, 0.2) is 164 Å². The molecule has 1 heterocycles. The van der Waals surface area contributed by atoms with Gasteiger partial charge in [-0.3, -0.25) is 0 Å². The minimum atomic E-state index is 0.0671. The number of hydrogen-bond donors (Lipinski definition) is 0. The summed E-state index contributed by atoms with van der Waals surface area (Å²) >= 11 is 0. The Morgan fingerprint density at radius 2 is 1.03 bits per heavy atom. The van der Waals surface area contributed by atoms with Crippen molar-refractivity contribution < 1.29 is 4.74 Å². The SMILES string of the molecule is CC1(C)CCC(C)(C)c2cc(N(c3ccc(-c4ccc5c(c4)C4(c6ccccc6O5)C5CC6CC7CC4C75C6)cc3)c3cc(-c4ccccc4)cc(-c4ccccc4)c3)ccc21. The zero-order valence-corrected chi connectivity index (χ0v) is 36.5. The lowest BCUT2D eigenvalue weighted by molar-refractivity contribution is -0.235. The van der Waals surface area contributed by atoms with E-state index in [1.165, 1.54) is 99.8 Å². The fraction of sp³-hybridized carbons (Fsp3) is 0.300. The summed E-state index contributed by atoms with van der Waals surface area (Å²) in [6.07, 6.45) is 8.07. The van der Waals surface area contributed by atoms with Crippen molar-refractivity contribution in [2.24, 2.45) is 29.1 Å². The molecular formula is C60H55NO. The smallest absolute Gasteiger partial charge is 0.131 e. The van der Waals surface area contributed by atoms with E-state index in [1.54, 1.807) is 0 Å². The topological polar surface area (TPSA) is 12.5 Å². The van der Waals surface area contributed by atoms with E-state index in [9.17, 15) is 0 Å². The Balaban J connectivity index is 0.949. The van der Waals surface area contributed by atoms with Crippen molar-refractivity contribution in [1.82, 2.24) is 0 Å². The summed E-state index contributed by atoms with van der Waals surface area (Å²) in [6.45, 7) is 9.71. The second kappa shape index (κ2) is 12.9. The third kappa shape index (κ3) is 4.98. The van der Waals surface area contributed by atoms with Crippen LogP contribution in [0.2, 0.25) is 0 Å². The van der Waals surface area contributed by atoms with Crippen LogP contribution in [-0.2, 0) is 16.2 Å². The minimum Gasteiger partial charge on any atom is -0.457 e. The zero-order valence-electron chi connectivity index (χ0n) is 36.5. The predicted octanol–water partition coefficient (Wildman–Crippen LogP) is 16.0. The third-order valence-corrected chi connectivity index (χ3v) is 17.4. The van der Waals surface area contributed by atoms with E-state index in [0.717, 1.165) is 46.5 Å². The molecule has 4 fully saturated rings. The summed E-state index contributed by atoms with van der Waals surface area (Å²) in [5.74, 6) is 5.47. The monoisotopic (exact) mass is 805 g/mol. The van der Waals surface area contributed by atoms with Gasteiger partial charge in [-0.2, -0.15) is 0 Å². The van der Waals surface area contributed by atoms with Crippen LogP contribution in [0.3, 0.4) is 0 Å². The highest BCUT2D eigenvalue weighted by atomic mass is 16.5. The second-order valence-electron chi connectivity index (χ2n) is 21.3. The molecule has 1 aliphatic heterocycles. The van der Waals surface area contributed by atoms with Gasteiger partial charge in [0, 0.05) is 33.6 Å². The highest BCUT2D eigenvalue weighted by Gasteiger charge is 2.84. The molecule has 62 heavy (non-hydrogen) atoms. The van der Waals surface area contributed by atoms with Gasteiger partial charge in [-0.1, -0.05) is 131 Å². The average molecular weight is 806 g/mol. The molecule has 2 spiro atoms. The van der Waals surface area contributed by atoms with Crippen molar-refractivity contribution in [3.8, 4) is 44.9 Å². The van der Waals surface area contributed by atoms with Crippen LogP contribution in [0.1, 0.15) is 88.5 Å². The summed E-state index contributed by atoms with van der Waals surface area (Å²) < 4.78 is 6.78. The van der Waals surface area contributed by atoms with E-state index in [-0.39, 0.29) is 16.2 Å².